The smallest absolute Gasteiger partial charge is 0.243 e. The zero-order valence-electron chi connectivity index (χ0n) is 12.8. The van der Waals surface area contributed by atoms with Gasteiger partial charge in [-0.3, -0.25) is 0 Å². The van der Waals surface area contributed by atoms with Crippen LogP contribution < -0.4 is 9.27 Å². The summed E-state index contributed by atoms with van der Waals surface area (Å²) in [6.07, 6.45) is 20.6. The molecule has 0 N–H and O–H groups in total. The minimum absolute atomic E-state index is 0. The molecule has 2 nitrogen and oxygen atoms in total. The van der Waals surface area contributed by atoms with Crippen molar-refractivity contribution in [3.63, 3.8) is 0 Å². The van der Waals surface area contributed by atoms with Crippen LogP contribution >= 0.6 is 0 Å². The molecule has 1 aromatic rings. The van der Waals surface area contributed by atoms with Crippen LogP contribution in [-0.2, 0) is 13.6 Å². The lowest BCUT2D eigenvalue weighted by atomic mass is 10.1. The summed E-state index contributed by atoms with van der Waals surface area (Å²) in [5.41, 5.74) is 0. The largest absolute Gasteiger partial charge is 1.00 e. The van der Waals surface area contributed by atoms with Gasteiger partial charge in [-0.2, -0.15) is 0 Å². The van der Waals surface area contributed by atoms with Gasteiger partial charge in [0.2, 0.25) is 6.33 Å². The molecule has 0 atom stereocenters. The van der Waals surface area contributed by atoms with Crippen LogP contribution in [0, 0.1) is 0 Å². The Hall–Kier alpha value is -0.860. The number of aryl methyl sites for hydroxylation is 2. The monoisotopic (exact) mass is 270 g/mol. The van der Waals surface area contributed by atoms with E-state index in [-0.39, 0.29) is 4.70 Å². The summed E-state index contributed by atoms with van der Waals surface area (Å²) in [5, 5.41) is 0. The Morgan fingerprint density at radius 2 is 1.37 bits per heavy atom. The van der Waals surface area contributed by atoms with Crippen molar-refractivity contribution in [2.45, 2.75) is 77.7 Å². The first-order chi connectivity index (χ1) is 8.83. The number of nitrogens with zero attached hydrogens (tertiary/aromatic N) is 2. The van der Waals surface area contributed by atoms with Crippen molar-refractivity contribution < 1.29 is 9.27 Å². The lowest BCUT2D eigenvalue weighted by molar-refractivity contribution is -0.696. The molecule has 0 amide bonds. The van der Waals surface area contributed by atoms with Gasteiger partial charge in [0.15, 0.2) is 0 Å². The molecule has 112 valence electrons. The zero-order chi connectivity index (χ0) is 13.1. The number of halogens is 1. The Bertz CT molecular complexity index is 297. The van der Waals surface area contributed by atoms with Crippen LogP contribution in [0.2, 0.25) is 0 Å². The maximum absolute atomic E-state index is 2.28. The van der Waals surface area contributed by atoms with Gasteiger partial charge in [-0.25, -0.2) is 9.13 Å². The molecule has 0 fully saturated rings. The van der Waals surface area contributed by atoms with Gasteiger partial charge < -0.3 is 4.70 Å². The SMILES string of the molecule is CCCCCCCCCCCC[n+]1ccn(C)c1.[F-]. The highest BCUT2D eigenvalue weighted by molar-refractivity contribution is 4.61. The second-order valence-electron chi connectivity index (χ2n) is 5.50. The second-order valence-corrected chi connectivity index (χ2v) is 5.50. The molecule has 3 heteroatoms. The third-order valence-electron chi connectivity index (χ3n) is 3.59. The molecule has 19 heavy (non-hydrogen) atoms. The molecule has 0 aliphatic heterocycles. The van der Waals surface area contributed by atoms with Crippen LogP contribution in [0.3, 0.4) is 0 Å². The lowest BCUT2D eigenvalue weighted by Crippen LogP contribution is -3.00. The van der Waals surface area contributed by atoms with Gasteiger partial charge in [-0.05, 0) is 12.8 Å². The summed E-state index contributed by atoms with van der Waals surface area (Å²) in [7, 11) is 2.08. The van der Waals surface area contributed by atoms with Gasteiger partial charge in [0.05, 0.1) is 13.6 Å². The van der Waals surface area contributed by atoms with Crippen molar-refractivity contribution in [3.05, 3.63) is 18.7 Å². The summed E-state index contributed by atoms with van der Waals surface area (Å²) in [5.74, 6) is 0. The molecule has 0 aliphatic rings. The fraction of sp³-hybridized carbons (Fsp3) is 0.812. The fourth-order valence-electron chi connectivity index (χ4n) is 2.42. The van der Waals surface area contributed by atoms with Gasteiger partial charge in [0, 0.05) is 0 Å². The highest BCUT2D eigenvalue weighted by Crippen LogP contribution is 2.10. The van der Waals surface area contributed by atoms with E-state index >= 15 is 0 Å². The Morgan fingerprint density at radius 3 is 1.84 bits per heavy atom. The van der Waals surface area contributed by atoms with E-state index in [2.05, 4.69) is 41.8 Å². The Morgan fingerprint density at radius 1 is 0.842 bits per heavy atom. The Labute approximate surface area is 118 Å². The van der Waals surface area contributed by atoms with Gasteiger partial charge in [-0.1, -0.05) is 58.3 Å². The molecule has 1 aromatic heterocycles. The van der Waals surface area contributed by atoms with Crippen LogP contribution in [0.15, 0.2) is 18.7 Å². The van der Waals surface area contributed by atoms with E-state index in [0.717, 1.165) is 0 Å². The van der Waals surface area contributed by atoms with Crippen molar-refractivity contribution in [2.75, 3.05) is 0 Å². The quantitative estimate of drug-likeness (QED) is 0.422. The van der Waals surface area contributed by atoms with Crippen molar-refractivity contribution >= 4 is 0 Å². The summed E-state index contributed by atoms with van der Waals surface area (Å²) in [6.45, 7) is 3.46. The standard InChI is InChI=1S/C16H31N2.FH/c1-3-4-5-6-7-8-9-10-11-12-13-18-15-14-17(2)16-18;/h14-16H,3-13H2,1-2H3;1H/q+1;/p-1. The van der Waals surface area contributed by atoms with Crippen LogP contribution in [-0.4, -0.2) is 4.57 Å². The molecule has 1 rings (SSSR count). The maximum atomic E-state index is 2.28. The number of aromatic nitrogens is 2. The van der Waals surface area contributed by atoms with Crippen LogP contribution in [0.25, 0.3) is 0 Å². The number of hydrogen-bond donors (Lipinski definition) is 0. The zero-order valence-corrected chi connectivity index (χ0v) is 12.8. The van der Waals surface area contributed by atoms with E-state index in [1.165, 1.54) is 70.8 Å². The topological polar surface area (TPSA) is 8.81 Å². The van der Waals surface area contributed by atoms with Gasteiger partial charge in [0.25, 0.3) is 0 Å². The van der Waals surface area contributed by atoms with Crippen LogP contribution in [0.4, 0.5) is 0 Å². The molecule has 0 aliphatic carbocycles. The summed E-state index contributed by atoms with van der Waals surface area (Å²) < 4.78 is 4.39. The Kier molecular flexibility index (Phi) is 11.6. The highest BCUT2D eigenvalue weighted by atomic mass is 19.0. The van der Waals surface area contributed by atoms with E-state index in [9.17, 15) is 0 Å². The van der Waals surface area contributed by atoms with Crippen molar-refractivity contribution in [3.8, 4) is 0 Å². The molecule has 0 bridgehead atoms. The molecular weight excluding hydrogens is 239 g/mol. The van der Waals surface area contributed by atoms with E-state index < -0.39 is 0 Å². The molecule has 0 aromatic carbocycles. The predicted octanol–water partition coefficient (Wildman–Crippen LogP) is 1.24. The third-order valence-corrected chi connectivity index (χ3v) is 3.59. The van der Waals surface area contributed by atoms with E-state index in [4.69, 9.17) is 0 Å². The van der Waals surface area contributed by atoms with E-state index in [0.29, 0.717) is 0 Å². The minimum atomic E-state index is 0. The maximum Gasteiger partial charge on any atom is 0.243 e. The van der Waals surface area contributed by atoms with Gasteiger partial charge >= 0.3 is 0 Å². The number of hydrogen-bond acceptors (Lipinski definition) is 0. The van der Waals surface area contributed by atoms with Gasteiger partial charge in [0.1, 0.15) is 12.4 Å². The number of rotatable bonds is 11. The molecule has 0 unspecified atom stereocenters. The predicted molar refractivity (Wildman–Crippen MR) is 77.5 cm³/mol. The minimum Gasteiger partial charge on any atom is -1.00 e. The summed E-state index contributed by atoms with van der Waals surface area (Å²) >= 11 is 0. The van der Waals surface area contributed by atoms with Crippen LogP contribution in [0.5, 0.6) is 0 Å². The van der Waals surface area contributed by atoms with Crippen LogP contribution in [0.1, 0.15) is 71.1 Å². The second kappa shape index (κ2) is 12.2. The van der Waals surface area contributed by atoms with Crippen molar-refractivity contribution in [1.82, 2.24) is 4.57 Å². The van der Waals surface area contributed by atoms with Crippen molar-refractivity contribution in [2.24, 2.45) is 7.05 Å². The normalized spacial score (nSPS) is 10.4. The highest BCUT2D eigenvalue weighted by Gasteiger charge is 1.99. The fourth-order valence-corrected chi connectivity index (χ4v) is 2.42. The molecule has 0 spiro atoms. The van der Waals surface area contributed by atoms with E-state index in [1.54, 1.807) is 0 Å². The molecule has 1 heterocycles. The molecule has 0 radical (unpaired) electrons. The average Bonchev–Trinajstić information content (AvgIpc) is 2.77. The summed E-state index contributed by atoms with van der Waals surface area (Å²) in [4.78, 5) is 0. The molecule has 0 saturated heterocycles. The average molecular weight is 270 g/mol. The van der Waals surface area contributed by atoms with Crippen molar-refractivity contribution in [1.29, 1.82) is 0 Å². The Balaban J connectivity index is 0.00000324. The number of unbranched alkanes of at least 4 members (excludes halogenated alkanes) is 9. The first kappa shape index (κ1) is 18.1. The molecule has 0 saturated carbocycles. The van der Waals surface area contributed by atoms with E-state index in [1.807, 2.05) is 0 Å². The third kappa shape index (κ3) is 9.69. The van der Waals surface area contributed by atoms with Gasteiger partial charge in [-0.15, -0.1) is 0 Å². The summed E-state index contributed by atoms with van der Waals surface area (Å²) in [6, 6.07) is 0. The first-order valence-corrected chi connectivity index (χ1v) is 7.84. The molecular formula is C16H31FN2. The first-order valence-electron chi connectivity index (χ1n) is 7.84. The lowest BCUT2D eigenvalue weighted by Gasteiger charge is -2.01. The number of imidazole rings is 1.